The Morgan fingerprint density at radius 2 is 2.05 bits per heavy atom. The zero-order valence-electron chi connectivity index (χ0n) is 12.1. The molecule has 1 aliphatic heterocycles. The van der Waals surface area contributed by atoms with E-state index < -0.39 is 0 Å². The fourth-order valence-corrected chi connectivity index (χ4v) is 2.84. The molecule has 3 nitrogen and oxygen atoms in total. The van der Waals surface area contributed by atoms with Crippen molar-refractivity contribution in [3.05, 3.63) is 34.9 Å². The van der Waals surface area contributed by atoms with E-state index in [0.717, 1.165) is 30.2 Å². The van der Waals surface area contributed by atoms with Crippen LogP contribution in [0.5, 0.6) is 0 Å². The van der Waals surface area contributed by atoms with Crippen LogP contribution < -0.4 is 5.32 Å². The first-order valence-corrected chi connectivity index (χ1v) is 7.79. The van der Waals surface area contributed by atoms with Gasteiger partial charge in [0.05, 0.1) is 0 Å². The summed E-state index contributed by atoms with van der Waals surface area (Å²) in [4.78, 5) is 14.3. The second-order valence-electron chi connectivity index (χ2n) is 5.49. The van der Waals surface area contributed by atoms with E-state index in [9.17, 15) is 4.79 Å². The number of rotatable bonds is 6. The number of aryl methyl sites for hydroxylation is 1. The molecule has 1 aliphatic rings. The second kappa shape index (κ2) is 7.65. The number of nitrogens with zero attached hydrogens (tertiary/aromatic N) is 1. The number of hydrogen-bond acceptors (Lipinski definition) is 2. The Labute approximate surface area is 126 Å². The van der Waals surface area contributed by atoms with Crippen molar-refractivity contribution in [3.63, 3.8) is 0 Å². The largest absolute Gasteiger partial charge is 0.355 e. The Balaban J connectivity index is 1.69. The predicted molar refractivity (Wildman–Crippen MR) is 83.1 cm³/mol. The predicted octanol–water partition coefficient (Wildman–Crippen LogP) is 2.87. The van der Waals surface area contributed by atoms with Crippen LogP contribution >= 0.6 is 11.6 Å². The van der Waals surface area contributed by atoms with E-state index in [1.54, 1.807) is 0 Å². The molecule has 20 heavy (non-hydrogen) atoms. The molecule has 1 aromatic carbocycles. The molecule has 2 rings (SSSR count). The minimum absolute atomic E-state index is 0.107. The van der Waals surface area contributed by atoms with Crippen molar-refractivity contribution < 1.29 is 4.79 Å². The smallest absolute Gasteiger partial charge is 0.220 e. The van der Waals surface area contributed by atoms with Gasteiger partial charge in [-0.25, -0.2) is 0 Å². The average Bonchev–Trinajstić information content (AvgIpc) is 2.98. The van der Waals surface area contributed by atoms with Gasteiger partial charge in [0, 0.05) is 24.0 Å². The lowest BCUT2D eigenvalue weighted by Gasteiger charge is -2.23. The highest BCUT2D eigenvalue weighted by Gasteiger charge is 2.18. The maximum atomic E-state index is 11.9. The van der Waals surface area contributed by atoms with Gasteiger partial charge in [-0.1, -0.05) is 29.8 Å². The molecule has 1 fully saturated rings. The van der Waals surface area contributed by atoms with Crippen LogP contribution in [0.15, 0.2) is 24.3 Å². The fraction of sp³-hybridized carbons (Fsp3) is 0.562. The van der Waals surface area contributed by atoms with Crippen LogP contribution in [0.25, 0.3) is 0 Å². The number of hydrogen-bond donors (Lipinski definition) is 1. The number of halogens is 1. The summed E-state index contributed by atoms with van der Waals surface area (Å²) < 4.78 is 0. The van der Waals surface area contributed by atoms with E-state index in [1.165, 1.54) is 12.8 Å². The van der Waals surface area contributed by atoms with Gasteiger partial charge in [-0.2, -0.15) is 0 Å². The zero-order valence-corrected chi connectivity index (χ0v) is 12.8. The molecular formula is C16H23ClN2O. The van der Waals surface area contributed by atoms with E-state index in [1.807, 2.05) is 24.3 Å². The number of nitrogens with one attached hydrogen (secondary N) is 1. The highest BCUT2D eigenvalue weighted by molar-refractivity contribution is 6.31. The second-order valence-corrected chi connectivity index (χ2v) is 5.89. The maximum Gasteiger partial charge on any atom is 0.220 e. The molecule has 0 saturated carbocycles. The molecule has 0 aliphatic carbocycles. The first-order chi connectivity index (χ1) is 9.66. The lowest BCUT2D eigenvalue weighted by molar-refractivity contribution is -0.121. The third kappa shape index (κ3) is 4.50. The summed E-state index contributed by atoms with van der Waals surface area (Å²) in [5, 5.41) is 3.77. The van der Waals surface area contributed by atoms with Gasteiger partial charge < -0.3 is 5.32 Å². The number of amides is 1. The van der Waals surface area contributed by atoms with Gasteiger partial charge in [0.1, 0.15) is 0 Å². The van der Waals surface area contributed by atoms with Crippen molar-refractivity contribution in [2.45, 2.75) is 38.6 Å². The van der Waals surface area contributed by atoms with E-state index >= 15 is 0 Å². The Kier molecular flexibility index (Phi) is 5.86. The van der Waals surface area contributed by atoms with Gasteiger partial charge in [-0.05, 0) is 50.9 Å². The third-order valence-corrected chi connectivity index (χ3v) is 4.31. The van der Waals surface area contributed by atoms with Crippen molar-refractivity contribution in [1.82, 2.24) is 10.2 Å². The summed E-state index contributed by atoms with van der Waals surface area (Å²) in [5.74, 6) is 0.107. The normalized spacial score (nSPS) is 17.1. The van der Waals surface area contributed by atoms with Crippen LogP contribution in [0, 0.1) is 0 Å². The minimum Gasteiger partial charge on any atom is -0.355 e. The van der Waals surface area contributed by atoms with Crippen LogP contribution in [0.4, 0.5) is 0 Å². The van der Waals surface area contributed by atoms with Crippen molar-refractivity contribution >= 4 is 17.5 Å². The van der Waals surface area contributed by atoms with E-state index in [2.05, 4.69) is 17.1 Å². The molecule has 1 atom stereocenters. The summed E-state index contributed by atoms with van der Waals surface area (Å²) >= 11 is 6.08. The molecule has 1 amide bonds. The molecular weight excluding hydrogens is 272 g/mol. The van der Waals surface area contributed by atoms with E-state index in [-0.39, 0.29) is 5.91 Å². The molecule has 1 unspecified atom stereocenters. The monoisotopic (exact) mass is 294 g/mol. The SMILES string of the molecule is CC(CNC(=O)CCc1ccccc1Cl)N1CCCC1. The molecule has 0 aromatic heterocycles. The van der Waals surface area contributed by atoms with Gasteiger partial charge >= 0.3 is 0 Å². The maximum absolute atomic E-state index is 11.9. The lowest BCUT2D eigenvalue weighted by Crippen LogP contribution is -2.40. The van der Waals surface area contributed by atoms with Crippen LogP contribution in [0.1, 0.15) is 31.7 Å². The van der Waals surface area contributed by atoms with Gasteiger partial charge in [-0.3, -0.25) is 9.69 Å². The van der Waals surface area contributed by atoms with Gasteiger partial charge in [0.25, 0.3) is 0 Å². The van der Waals surface area contributed by atoms with Crippen LogP contribution in [0.3, 0.4) is 0 Å². The number of carbonyl (C=O) groups excluding carboxylic acids is 1. The molecule has 1 aromatic rings. The Bertz CT molecular complexity index is 444. The molecule has 1 N–H and O–H groups in total. The van der Waals surface area contributed by atoms with Gasteiger partial charge in [-0.15, -0.1) is 0 Å². The summed E-state index contributed by atoms with van der Waals surface area (Å²) in [7, 11) is 0. The van der Waals surface area contributed by atoms with Crippen molar-refractivity contribution in [2.24, 2.45) is 0 Å². The lowest BCUT2D eigenvalue weighted by atomic mass is 10.1. The summed E-state index contributed by atoms with van der Waals surface area (Å²) in [6, 6.07) is 8.13. The molecule has 0 radical (unpaired) electrons. The Morgan fingerprint density at radius 3 is 2.75 bits per heavy atom. The van der Waals surface area contributed by atoms with E-state index in [4.69, 9.17) is 11.6 Å². The molecule has 0 bridgehead atoms. The molecule has 1 heterocycles. The summed E-state index contributed by atoms with van der Waals surface area (Å²) in [5.41, 5.74) is 1.04. The number of carbonyl (C=O) groups is 1. The van der Waals surface area contributed by atoms with Gasteiger partial charge in [0.2, 0.25) is 5.91 Å². The molecule has 0 spiro atoms. The summed E-state index contributed by atoms with van der Waals surface area (Å²) in [6.45, 7) is 5.24. The molecule has 1 saturated heterocycles. The van der Waals surface area contributed by atoms with Crippen molar-refractivity contribution in [1.29, 1.82) is 0 Å². The first kappa shape index (κ1) is 15.3. The molecule has 4 heteroatoms. The summed E-state index contributed by atoms with van der Waals surface area (Å²) in [6.07, 6.45) is 3.76. The molecule has 110 valence electrons. The fourth-order valence-electron chi connectivity index (χ4n) is 2.61. The number of likely N-dealkylation sites (tertiary alicyclic amines) is 1. The van der Waals surface area contributed by atoms with Crippen molar-refractivity contribution in [2.75, 3.05) is 19.6 Å². The standard InChI is InChI=1S/C16H23ClN2O/c1-13(19-10-4-5-11-19)12-18-16(20)9-8-14-6-2-3-7-15(14)17/h2-3,6-7,13H,4-5,8-12H2,1H3,(H,18,20). The number of benzene rings is 1. The highest BCUT2D eigenvalue weighted by Crippen LogP contribution is 2.16. The Morgan fingerprint density at radius 1 is 1.35 bits per heavy atom. The van der Waals surface area contributed by atoms with Crippen LogP contribution in [-0.2, 0) is 11.2 Å². The van der Waals surface area contributed by atoms with Crippen LogP contribution in [0.2, 0.25) is 5.02 Å². The van der Waals surface area contributed by atoms with Crippen LogP contribution in [-0.4, -0.2) is 36.5 Å². The van der Waals surface area contributed by atoms with Gasteiger partial charge in [0.15, 0.2) is 0 Å². The Hall–Kier alpha value is -1.06. The topological polar surface area (TPSA) is 32.3 Å². The zero-order chi connectivity index (χ0) is 14.4. The average molecular weight is 295 g/mol. The quantitative estimate of drug-likeness (QED) is 0.875. The van der Waals surface area contributed by atoms with Crippen molar-refractivity contribution in [3.8, 4) is 0 Å². The van der Waals surface area contributed by atoms with E-state index in [0.29, 0.717) is 18.9 Å². The third-order valence-electron chi connectivity index (χ3n) is 3.94. The first-order valence-electron chi connectivity index (χ1n) is 7.41. The minimum atomic E-state index is 0.107. The highest BCUT2D eigenvalue weighted by atomic mass is 35.5.